The second-order valence-corrected chi connectivity index (χ2v) is 45.1. The van der Waals surface area contributed by atoms with Crippen LogP contribution in [0.1, 0.15) is 305 Å². The highest BCUT2D eigenvalue weighted by atomic mass is 16.6. The van der Waals surface area contributed by atoms with Crippen molar-refractivity contribution in [3.63, 3.8) is 0 Å². The first-order valence-electron chi connectivity index (χ1n) is 52.8. The Morgan fingerprint density at radius 2 is 0.789 bits per heavy atom. The quantitative estimate of drug-likeness (QED) is 0.0457. The number of nitrogens with zero attached hydrogens (tertiary/aromatic N) is 4. The number of aliphatic hydroxyl groups excluding tert-OH is 4. The van der Waals surface area contributed by atoms with Crippen LogP contribution < -0.4 is 0 Å². The van der Waals surface area contributed by atoms with E-state index in [9.17, 15) is 78.6 Å². The molecule has 6 heterocycles. The summed E-state index contributed by atoms with van der Waals surface area (Å²) in [6, 6.07) is -3.33. The van der Waals surface area contributed by atoms with Gasteiger partial charge >= 0.3 is 24.1 Å². The van der Waals surface area contributed by atoms with Crippen LogP contribution in [0.15, 0.2) is 95.2 Å². The van der Waals surface area contributed by atoms with Gasteiger partial charge in [0, 0.05) is 79.3 Å². The predicted octanol–water partition coefficient (Wildman–Crippen LogP) is 16.4. The molecule has 6 aliphatic heterocycles. The van der Waals surface area contributed by atoms with Crippen molar-refractivity contribution in [2.45, 2.75) is 426 Å². The summed E-state index contributed by atoms with van der Waals surface area (Å²) in [6.45, 7) is 37.4. The van der Waals surface area contributed by atoms with Crippen molar-refractivity contribution in [1.82, 2.24) is 19.6 Å². The maximum absolute atomic E-state index is 14.5. The van der Waals surface area contributed by atoms with Crippen LogP contribution in [-0.4, -0.2) is 285 Å². The van der Waals surface area contributed by atoms with Crippen LogP contribution in [0.25, 0.3) is 0 Å². The number of carbonyl (C=O) groups excluding carboxylic acids is 10. The normalized spacial score (nSPS) is 38.1. The number of Topliss-reactive ketones (excluding diaryl/α,β-unsaturated/α-hetero) is 4. The first-order valence-corrected chi connectivity index (χ1v) is 52.8. The fourth-order valence-electron chi connectivity index (χ4n) is 21.9. The smallest absolute Gasteiger partial charge is 0.410 e. The second-order valence-electron chi connectivity index (χ2n) is 45.1. The monoisotopic (exact) mass is 2000 g/mol. The van der Waals surface area contributed by atoms with Gasteiger partial charge in [0.2, 0.25) is 11.6 Å². The number of hydrogen-bond donors (Lipinski definition) is 6. The molecule has 2 aliphatic carbocycles. The van der Waals surface area contributed by atoms with E-state index in [2.05, 4.69) is 0 Å². The van der Waals surface area contributed by atoms with Crippen LogP contribution in [-0.2, 0) is 85.7 Å². The maximum Gasteiger partial charge on any atom is 0.410 e. The molecule has 4 amide bonds. The maximum atomic E-state index is 14.5. The van der Waals surface area contributed by atoms with Crippen LogP contribution in [0.5, 0.6) is 0 Å². The summed E-state index contributed by atoms with van der Waals surface area (Å²) in [5.74, 6) is -13.3. The van der Waals surface area contributed by atoms with Crippen LogP contribution in [0.3, 0.4) is 0 Å². The number of rotatable bonds is 12. The number of allylic oxidation sites excluding steroid dienone is 12. The Kier molecular flexibility index (Phi) is 48.0. The lowest BCUT2D eigenvalue weighted by atomic mass is 9.78. The van der Waals surface area contributed by atoms with Crippen molar-refractivity contribution in [1.29, 1.82) is 0 Å². The van der Waals surface area contributed by atoms with Crippen molar-refractivity contribution in [2.75, 3.05) is 55.6 Å². The largest absolute Gasteiger partial charge is 0.461 e. The Labute approximate surface area is 847 Å². The van der Waals surface area contributed by atoms with Crippen molar-refractivity contribution in [2.24, 2.45) is 71.0 Å². The predicted molar refractivity (Wildman–Crippen MR) is 543 cm³/mol. The van der Waals surface area contributed by atoms with Gasteiger partial charge in [0.1, 0.15) is 59.9 Å². The summed E-state index contributed by atoms with van der Waals surface area (Å²) in [5, 5.41) is 68.5. The minimum Gasteiger partial charge on any atom is -0.461 e. The minimum atomic E-state index is -2.49. The number of piperidine rings is 2. The number of esters is 2. The molecule has 2 saturated carbocycles. The lowest BCUT2D eigenvalue weighted by Gasteiger charge is -2.43. The SMILES string of the molecule is CO[C@@H]1C[C@H](C[C@@H](C)[C@@H]2CC[C@H](C)/C=C(\C)[C@@H](O)[C@@H](OC)C(=O)[C@H](C)C[C@H](C)/C=C/C=C/C=C(\C)[C@@H](N(C)C(=O)OC(C)(C)C)C[C@@H]3CC[C@@H](C)[C@@](O)(O3)C(=O)C(=O)N3CCCC[C@H]3C(=O)O2)CC[C@H]1O.CO[C@@H]1C[C@H](C[C@@H](C)[C@@H]2CC[C@H](C)/C=C(\C)[C@@H](O)[C@@H](OC)C(=O)[C@H](C)C[C@H](C)/C=C/C=C/C=C(\C)[C@H](N(C)C(=O)OC(C)(C)C)C[C@@H]3CC[C@@H](C)[C@@](O)(O3)C(=O)C(=O)N3CCCC[C@H]3C(=O)O2)CC[C@H]1O. The van der Waals surface area contributed by atoms with E-state index in [4.69, 9.17) is 47.4 Å². The van der Waals surface area contributed by atoms with E-state index in [0.717, 1.165) is 24.0 Å². The number of aliphatic hydroxyl groups is 6. The average Bonchev–Trinajstić information content (AvgIpc) is 0.771. The van der Waals surface area contributed by atoms with Gasteiger partial charge in [-0.25, -0.2) is 19.2 Å². The molecule has 0 aromatic heterocycles. The van der Waals surface area contributed by atoms with Crippen molar-refractivity contribution < 1.29 is 126 Å². The number of ketones is 4. The van der Waals surface area contributed by atoms with Crippen LogP contribution in [0, 0.1) is 71.0 Å². The van der Waals surface area contributed by atoms with E-state index < -0.39 is 179 Å². The fraction of sp³-hybridized carbons (Fsp3) is 0.768. The molecule has 30 nitrogen and oxygen atoms in total. The number of fused-ring (bicyclic) bond motifs is 6. The van der Waals surface area contributed by atoms with Gasteiger partial charge in [-0.2, -0.15) is 0 Å². The van der Waals surface area contributed by atoms with Gasteiger partial charge < -0.3 is 97.6 Å². The van der Waals surface area contributed by atoms with E-state index in [0.29, 0.717) is 140 Å². The Morgan fingerprint density at radius 1 is 0.437 bits per heavy atom. The third kappa shape index (κ3) is 34.8. The van der Waals surface area contributed by atoms with E-state index >= 15 is 0 Å². The number of cyclic esters (lactones) is 2. The summed E-state index contributed by atoms with van der Waals surface area (Å²) in [7, 11) is 9.32. The molecule has 30 heteroatoms. The van der Waals surface area contributed by atoms with Gasteiger partial charge in [-0.05, 0) is 295 Å². The first kappa shape index (κ1) is 121. The van der Waals surface area contributed by atoms with Crippen LogP contribution in [0.2, 0.25) is 0 Å². The van der Waals surface area contributed by atoms with E-state index in [1.165, 1.54) is 33.8 Å². The lowest BCUT2D eigenvalue weighted by Crippen LogP contribution is -2.61. The molecule has 0 aromatic carbocycles. The molecule has 4 saturated heterocycles. The number of likely N-dealkylation sites (N-methyl/N-ethyl adjacent to an activating group) is 2. The van der Waals surface area contributed by atoms with Gasteiger partial charge in [-0.15, -0.1) is 0 Å². The van der Waals surface area contributed by atoms with E-state index in [-0.39, 0.29) is 110 Å². The molecule has 142 heavy (non-hydrogen) atoms. The Balaban J connectivity index is 0.000000386. The molecule has 0 spiro atoms. The summed E-state index contributed by atoms with van der Waals surface area (Å²) in [4.78, 5) is 147. The molecule has 0 aromatic rings. The second kappa shape index (κ2) is 56.1. The molecule has 0 unspecified atom stereocenters. The fourth-order valence-corrected chi connectivity index (χ4v) is 21.9. The summed E-state index contributed by atoms with van der Waals surface area (Å²) in [5.41, 5.74) is 1.17. The number of amides is 4. The molecular formula is C112H180N4O26. The topological polar surface area (TPSA) is 397 Å². The zero-order valence-electron chi connectivity index (χ0n) is 90.5. The third-order valence-corrected chi connectivity index (χ3v) is 30.8. The Morgan fingerprint density at radius 3 is 1.12 bits per heavy atom. The van der Waals surface area contributed by atoms with Gasteiger partial charge in [-0.3, -0.25) is 28.8 Å². The summed E-state index contributed by atoms with van der Waals surface area (Å²) < 4.78 is 59.5. The van der Waals surface area contributed by atoms with Gasteiger partial charge in [0.05, 0.1) is 48.7 Å². The number of carbonyl (C=O) groups is 10. The van der Waals surface area contributed by atoms with Crippen molar-refractivity contribution >= 4 is 59.1 Å². The summed E-state index contributed by atoms with van der Waals surface area (Å²) in [6.07, 6.45) is 26.3. The number of hydrogen-bond acceptors (Lipinski definition) is 26. The first-order chi connectivity index (χ1) is 66.6. The molecule has 4 bridgehead atoms. The zero-order chi connectivity index (χ0) is 106. The molecule has 6 fully saturated rings. The minimum absolute atomic E-state index is 0.00700. The number of methoxy groups -OCH3 is 4. The van der Waals surface area contributed by atoms with E-state index in [1.807, 2.05) is 142 Å². The molecule has 8 rings (SSSR count). The van der Waals surface area contributed by atoms with Crippen LogP contribution in [0.4, 0.5) is 9.59 Å². The van der Waals surface area contributed by atoms with Crippen LogP contribution >= 0.6 is 0 Å². The van der Waals surface area contributed by atoms with Gasteiger partial charge in [0.15, 0.2) is 11.6 Å². The third-order valence-electron chi connectivity index (χ3n) is 30.8. The zero-order valence-corrected chi connectivity index (χ0v) is 90.5. The Hall–Kier alpha value is -7.46. The van der Waals surface area contributed by atoms with Gasteiger partial charge in [0.25, 0.3) is 23.4 Å². The molecule has 30 atom stereocenters. The highest BCUT2D eigenvalue weighted by Gasteiger charge is 2.56. The molecule has 0 radical (unpaired) electrons. The highest BCUT2D eigenvalue weighted by molar-refractivity contribution is 6.39. The highest BCUT2D eigenvalue weighted by Crippen LogP contribution is 2.43. The standard InChI is InChI=1S/2C56H90N2O13/c2*1-34-19-15-14-16-20-36(3)44(57(11)54(65)71-55(8,9)10)33-42-25-23-40(7)56(66,70-42)51(62)52(63)58-28-18-17-21-43(58)53(64)69-46(37(4)31-41-24-26-45(59)47(32-41)67-12)27-22-35(2)30-39(6)49(61)50(68-13)48(60)38(5)29-34/h2*14-16,19-20,30,34-35,37-38,40-47,49-50,59,61,66H,17-18,21-29,31-33H2,1-13H3/b2*16-14+,19-15+,36-20+,39-30+/t34-,35+,37-,38-,40-,41+,42+,43+,44+,45-,46+,47-,49-,50+,56-;34-,35+,37-,38-,40-,41+,42+,43+,44-,45-,46+,47-,49-,50+,56-/m11/s1. The van der Waals surface area contributed by atoms with Crippen molar-refractivity contribution in [3.8, 4) is 0 Å². The average molecular weight is 2000 g/mol. The van der Waals surface area contributed by atoms with Crippen molar-refractivity contribution in [3.05, 3.63) is 95.2 Å². The Bertz CT molecular complexity index is 4120. The molecule has 804 valence electrons. The van der Waals surface area contributed by atoms with E-state index in [1.54, 1.807) is 97.6 Å². The number of ether oxygens (including phenoxy) is 10. The molecular weight excluding hydrogens is 1820 g/mol. The van der Waals surface area contributed by atoms with Gasteiger partial charge in [-0.1, -0.05) is 153 Å². The summed E-state index contributed by atoms with van der Waals surface area (Å²) >= 11 is 0. The molecule has 8 aliphatic rings. The molecule has 6 N–H and O–H groups in total. The lowest BCUT2D eigenvalue weighted by molar-refractivity contribution is -0.264.